The molecule has 0 aromatic heterocycles. The van der Waals surface area contributed by atoms with E-state index in [0.29, 0.717) is 18.1 Å². The van der Waals surface area contributed by atoms with Crippen molar-refractivity contribution in [2.45, 2.75) is 40.0 Å². The maximum atomic E-state index is 12.3. The minimum absolute atomic E-state index is 0.00432. The van der Waals surface area contributed by atoms with Crippen molar-refractivity contribution in [3.05, 3.63) is 58.7 Å². The summed E-state index contributed by atoms with van der Waals surface area (Å²) in [6.07, 6.45) is -9.84. The van der Waals surface area contributed by atoms with Gasteiger partial charge in [0.25, 0.3) is 0 Å². The molecule has 4 nitrogen and oxygen atoms in total. The van der Waals surface area contributed by atoms with Crippen LogP contribution in [0.2, 0.25) is 0 Å². The Bertz CT molecular complexity index is 964. The largest absolute Gasteiger partial charge is 0.416 e. The standard InChI is InChI=1S/C14H19NO.C9H5F6NO/c1-9-6-5-7-10(2)13(9)15-8-11(3)12(4)14(15)16;10-8(11,12)5-1-6(9(13,14)15)3-7(2-5)16-4-17/h5-7,11-12H,8H2,1-4H3;1-4H,(H,16,17). The number of benzene rings is 2. The van der Waals surface area contributed by atoms with Gasteiger partial charge in [-0.15, -0.1) is 0 Å². The van der Waals surface area contributed by atoms with E-state index in [9.17, 15) is 35.9 Å². The second kappa shape index (κ2) is 9.84. The molecule has 3 rings (SSSR count). The van der Waals surface area contributed by atoms with Crippen molar-refractivity contribution >= 4 is 23.7 Å². The fourth-order valence-corrected chi connectivity index (χ4v) is 3.56. The highest BCUT2D eigenvalue weighted by Crippen LogP contribution is 2.37. The smallest absolute Gasteiger partial charge is 0.329 e. The monoisotopic (exact) mass is 474 g/mol. The highest BCUT2D eigenvalue weighted by atomic mass is 19.4. The topological polar surface area (TPSA) is 49.4 Å². The molecule has 1 fully saturated rings. The van der Waals surface area contributed by atoms with Crippen LogP contribution in [0.1, 0.15) is 36.1 Å². The lowest BCUT2D eigenvalue weighted by Gasteiger charge is -2.21. The van der Waals surface area contributed by atoms with Crippen LogP contribution in [0.5, 0.6) is 0 Å². The van der Waals surface area contributed by atoms with E-state index in [4.69, 9.17) is 0 Å². The van der Waals surface area contributed by atoms with Gasteiger partial charge in [-0.1, -0.05) is 32.0 Å². The molecule has 1 aliphatic rings. The molecule has 0 bridgehead atoms. The van der Waals surface area contributed by atoms with Crippen molar-refractivity contribution in [3.8, 4) is 0 Å². The van der Waals surface area contributed by atoms with E-state index in [2.05, 4.69) is 32.9 Å². The molecule has 10 heteroatoms. The first-order chi connectivity index (χ1) is 15.2. The fraction of sp³-hybridized carbons (Fsp3) is 0.391. The van der Waals surface area contributed by atoms with Gasteiger partial charge in [-0.25, -0.2) is 0 Å². The van der Waals surface area contributed by atoms with Crippen molar-refractivity contribution in [2.24, 2.45) is 11.8 Å². The van der Waals surface area contributed by atoms with Gasteiger partial charge < -0.3 is 10.2 Å². The van der Waals surface area contributed by atoms with Crippen LogP contribution in [0.4, 0.5) is 37.7 Å². The first-order valence-electron chi connectivity index (χ1n) is 10.0. The molecule has 33 heavy (non-hydrogen) atoms. The fourth-order valence-electron chi connectivity index (χ4n) is 3.56. The van der Waals surface area contributed by atoms with Crippen molar-refractivity contribution < 1.29 is 35.9 Å². The summed E-state index contributed by atoms with van der Waals surface area (Å²) in [5, 5.41) is 1.75. The number of nitrogens with zero attached hydrogens (tertiary/aromatic N) is 1. The molecule has 2 aromatic carbocycles. The van der Waals surface area contributed by atoms with Gasteiger partial charge in [-0.05, 0) is 49.1 Å². The average molecular weight is 474 g/mol. The van der Waals surface area contributed by atoms with Crippen molar-refractivity contribution in [1.82, 2.24) is 0 Å². The van der Waals surface area contributed by atoms with Crippen LogP contribution in [0.15, 0.2) is 36.4 Å². The molecule has 0 spiro atoms. The Morgan fingerprint density at radius 2 is 1.42 bits per heavy atom. The summed E-state index contributed by atoms with van der Waals surface area (Å²) >= 11 is 0. The van der Waals surface area contributed by atoms with Crippen LogP contribution in [0.3, 0.4) is 0 Å². The number of halogens is 6. The number of anilines is 2. The predicted molar refractivity (Wildman–Crippen MR) is 113 cm³/mol. The Morgan fingerprint density at radius 1 is 0.939 bits per heavy atom. The number of hydrogen-bond donors (Lipinski definition) is 1. The molecule has 2 unspecified atom stereocenters. The van der Waals surface area contributed by atoms with Crippen LogP contribution in [-0.4, -0.2) is 18.9 Å². The van der Waals surface area contributed by atoms with Gasteiger partial charge in [0.15, 0.2) is 0 Å². The van der Waals surface area contributed by atoms with E-state index in [1.54, 1.807) is 5.32 Å². The Kier molecular flexibility index (Phi) is 7.82. The third-order valence-corrected chi connectivity index (χ3v) is 5.50. The van der Waals surface area contributed by atoms with Gasteiger partial charge in [-0.3, -0.25) is 9.59 Å². The second-order valence-corrected chi connectivity index (χ2v) is 8.01. The molecule has 1 N–H and O–H groups in total. The number of carbonyl (C=O) groups is 2. The van der Waals surface area contributed by atoms with Gasteiger partial charge in [-0.2, -0.15) is 26.3 Å². The van der Waals surface area contributed by atoms with Gasteiger partial charge in [0, 0.05) is 23.8 Å². The number of alkyl halides is 6. The number of amides is 2. The minimum atomic E-state index is -4.92. The summed E-state index contributed by atoms with van der Waals surface area (Å²) in [6.45, 7) is 9.18. The Hall–Kier alpha value is -3.04. The van der Waals surface area contributed by atoms with Crippen molar-refractivity contribution in [2.75, 3.05) is 16.8 Å². The van der Waals surface area contributed by atoms with Crippen LogP contribution >= 0.6 is 0 Å². The van der Waals surface area contributed by atoms with Crippen LogP contribution in [0.25, 0.3) is 0 Å². The summed E-state index contributed by atoms with van der Waals surface area (Å²) < 4.78 is 73.8. The lowest BCUT2D eigenvalue weighted by molar-refractivity contribution is -0.143. The van der Waals surface area contributed by atoms with E-state index >= 15 is 0 Å². The van der Waals surface area contributed by atoms with Gasteiger partial charge in [0.1, 0.15) is 0 Å². The average Bonchev–Trinajstić information content (AvgIpc) is 2.94. The Labute approximate surface area is 187 Å². The van der Waals surface area contributed by atoms with E-state index in [1.165, 1.54) is 11.1 Å². The number of para-hydroxylation sites is 1. The molecule has 1 heterocycles. The lowest BCUT2D eigenvalue weighted by Crippen LogP contribution is -2.27. The number of nitrogens with one attached hydrogen (secondary N) is 1. The maximum Gasteiger partial charge on any atom is 0.416 e. The summed E-state index contributed by atoms with van der Waals surface area (Å²) in [5.74, 6) is 0.871. The first kappa shape index (κ1) is 26.2. The van der Waals surface area contributed by atoms with Gasteiger partial charge in [0.05, 0.1) is 11.1 Å². The highest BCUT2D eigenvalue weighted by molar-refractivity contribution is 5.98. The van der Waals surface area contributed by atoms with Crippen LogP contribution < -0.4 is 10.2 Å². The maximum absolute atomic E-state index is 12.3. The minimum Gasteiger partial charge on any atom is -0.329 e. The second-order valence-electron chi connectivity index (χ2n) is 8.01. The molecule has 0 radical (unpaired) electrons. The Balaban J connectivity index is 0.000000234. The van der Waals surface area contributed by atoms with E-state index < -0.39 is 29.2 Å². The number of hydrogen-bond acceptors (Lipinski definition) is 2. The number of carbonyl (C=O) groups excluding carboxylic acids is 2. The summed E-state index contributed by atoms with van der Waals surface area (Å²) in [4.78, 5) is 24.1. The molecule has 2 aromatic rings. The summed E-state index contributed by atoms with van der Waals surface area (Å²) in [6, 6.07) is 7.01. The van der Waals surface area contributed by atoms with Crippen LogP contribution in [-0.2, 0) is 21.9 Å². The van der Waals surface area contributed by atoms with Gasteiger partial charge in [0.2, 0.25) is 12.3 Å². The molecular weight excluding hydrogens is 450 g/mol. The van der Waals surface area contributed by atoms with E-state index in [1.807, 2.05) is 17.9 Å². The molecule has 180 valence electrons. The first-order valence-corrected chi connectivity index (χ1v) is 10.0. The quantitative estimate of drug-likeness (QED) is 0.425. The third-order valence-electron chi connectivity index (χ3n) is 5.50. The SMILES string of the molecule is Cc1cccc(C)c1N1CC(C)C(C)C1=O.O=CNc1cc(C(F)(F)F)cc(C(F)(F)F)c1. The van der Waals surface area contributed by atoms with E-state index in [0.717, 1.165) is 12.2 Å². The molecule has 2 atom stereocenters. The van der Waals surface area contributed by atoms with Gasteiger partial charge >= 0.3 is 12.4 Å². The number of aryl methyl sites for hydroxylation is 2. The molecular formula is C23H24F6N2O2. The Morgan fingerprint density at radius 3 is 1.79 bits per heavy atom. The van der Waals surface area contributed by atoms with Crippen LogP contribution in [0, 0.1) is 25.7 Å². The third kappa shape index (κ3) is 6.27. The zero-order valence-corrected chi connectivity index (χ0v) is 18.4. The molecule has 1 aliphatic heterocycles. The zero-order chi connectivity index (χ0) is 25.1. The summed E-state index contributed by atoms with van der Waals surface area (Å²) in [5.41, 5.74) is -0.0245. The molecule has 1 saturated heterocycles. The zero-order valence-electron chi connectivity index (χ0n) is 18.4. The molecule has 0 aliphatic carbocycles. The summed E-state index contributed by atoms with van der Waals surface area (Å²) in [7, 11) is 0. The molecule has 0 saturated carbocycles. The molecule has 2 amide bonds. The predicted octanol–water partition coefficient (Wildman–Crippen LogP) is 6.21. The highest BCUT2D eigenvalue weighted by Gasteiger charge is 2.37. The van der Waals surface area contributed by atoms with E-state index in [-0.39, 0.29) is 24.3 Å². The van der Waals surface area contributed by atoms with Crippen molar-refractivity contribution in [3.63, 3.8) is 0 Å². The normalized spacial score (nSPS) is 18.6. The number of rotatable bonds is 3. The lowest BCUT2D eigenvalue weighted by atomic mass is 10.0. The van der Waals surface area contributed by atoms with Crippen molar-refractivity contribution in [1.29, 1.82) is 0 Å².